The second-order valence-corrected chi connectivity index (χ2v) is 11.1. The zero-order valence-corrected chi connectivity index (χ0v) is 19.0. The van der Waals surface area contributed by atoms with Crippen molar-refractivity contribution in [3.63, 3.8) is 0 Å². The average Bonchev–Trinajstić information content (AvgIpc) is 2.99. The van der Waals surface area contributed by atoms with Crippen LogP contribution in [0.25, 0.3) is 6.08 Å². The highest BCUT2D eigenvalue weighted by molar-refractivity contribution is 5.87. The molecule has 0 aromatic carbocycles. The van der Waals surface area contributed by atoms with E-state index in [1.54, 1.807) is 4.57 Å². The molecule has 3 unspecified atom stereocenters. The summed E-state index contributed by atoms with van der Waals surface area (Å²) in [5, 5.41) is 10.6. The van der Waals surface area contributed by atoms with Crippen LogP contribution in [0.15, 0.2) is 22.5 Å². The molecule has 7 nitrogen and oxygen atoms in total. The first-order valence-electron chi connectivity index (χ1n) is 11.6. The summed E-state index contributed by atoms with van der Waals surface area (Å²) in [6.07, 6.45) is 10.6. The van der Waals surface area contributed by atoms with Gasteiger partial charge < -0.3 is 19.9 Å². The summed E-state index contributed by atoms with van der Waals surface area (Å²) < 4.78 is 1.71. The summed E-state index contributed by atoms with van der Waals surface area (Å²) >= 11 is 0. The molecule has 5 aliphatic rings. The van der Waals surface area contributed by atoms with E-state index < -0.39 is 5.60 Å². The van der Waals surface area contributed by atoms with Gasteiger partial charge in [0.1, 0.15) is 11.4 Å². The SMILES string of the molecule is Cn1c2c([nH]c1=O)C=CC(C1=CC3CCC1CN3C(=O)C1(O)CCC1)N2CC(C)(C)C. The molecular weight excluding hydrogens is 392 g/mol. The number of fused-ring (bicyclic) bond motifs is 3. The Morgan fingerprint density at radius 2 is 2.03 bits per heavy atom. The third-order valence-corrected chi connectivity index (χ3v) is 7.47. The van der Waals surface area contributed by atoms with Gasteiger partial charge in [0, 0.05) is 20.1 Å². The molecule has 3 atom stereocenters. The first-order chi connectivity index (χ1) is 14.6. The Bertz CT molecular complexity index is 1020. The number of anilines is 1. The first kappa shape index (κ1) is 20.6. The number of aromatic nitrogens is 2. The van der Waals surface area contributed by atoms with Gasteiger partial charge in [0.25, 0.3) is 5.91 Å². The molecule has 1 aromatic rings. The fourth-order valence-corrected chi connectivity index (χ4v) is 5.76. The van der Waals surface area contributed by atoms with Crippen LogP contribution in [-0.4, -0.2) is 56.2 Å². The summed E-state index contributed by atoms with van der Waals surface area (Å²) in [7, 11) is 1.82. The quantitative estimate of drug-likeness (QED) is 0.728. The van der Waals surface area contributed by atoms with Crippen molar-refractivity contribution in [2.75, 3.05) is 18.0 Å². The molecule has 1 aromatic heterocycles. The molecule has 3 aliphatic heterocycles. The molecule has 1 saturated carbocycles. The second-order valence-electron chi connectivity index (χ2n) is 11.1. The van der Waals surface area contributed by atoms with E-state index in [1.807, 2.05) is 18.0 Å². The minimum Gasteiger partial charge on any atom is -0.380 e. The number of aromatic amines is 1. The lowest BCUT2D eigenvalue weighted by Gasteiger charge is -2.51. The van der Waals surface area contributed by atoms with Crippen molar-refractivity contribution >= 4 is 17.8 Å². The number of H-pyrrole nitrogens is 1. The van der Waals surface area contributed by atoms with Crippen molar-refractivity contribution < 1.29 is 9.90 Å². The summed E-state index contributed by atoms with van der Waals surface area (Å²) in [5.74, 6) is 1.14. The number of piperidine rings is 1. The number of hydrogen-bond donors (Lipinski definition) is 2. The van der Waals surface area contributed by atoms with E-state index >= 15 is 0 Å². The van der Waals surface area contributed by atoms with E-state index in [0.29, 0.717) is 19.4 Å². The molecule has 6 rings (SSSR count). The van der Waals surface area contributed by atoms with Gasteiger partial charge in [0.15, 0.2) is 0 Å². The molecule has 2 bridgehead atoms. The monoisotopic (exact) mass is 426 g/mol. The number of aliphatic hydroxyl groups is 1. The fraction of sp³-hybridized carbons (Fsp3) is 0.667. The Labute approximate surface area is 183 Å². The predicted octanol–water partition coefficient (Wildman–Crippen LogP) is 2.42. The number of imidazole rings is 1. The number of hydrogen-bond acceptors (Lipinski definition) is 4. The van der Waals surface area contributed by atoms with Crippen LogP contribution in [0.2, 0.25) is 0 Å². The lowest BCUT2D eigenvalue weighted by Crippen LogP contribution is -2.60. The molecule has 0 radical (unpaired) electrons. The molecule has 1 amide bonds. The Balaban J connectivity index is 1.49. The molecule has 7 heteroatoms. The lowest BCUT2D eigenvalue weighted by atomic mass is 9.73. The molecule has 2 fully saturated rings. The smallest absolute Gasteiger partial charge is 0.327 e. The van der Waals surface area contributed by atoms with Gasteiger partial charge in [-0.25, -0.2) is 4.79 Å². The van der Waals surface area contributed by atoms with Gasteiger partial charge in [-0.05, 0) is 55.1 Å². The topological polar surface area (TPSA) is 81.6 Å². The minimum atomic E-state index is -1.13. The summed E-state index contributed by atoms with van der Waals surface area (Å²) in [4.78, 5) is 32.6. The van der Waals surface area contributed by atoms with E-state index in [4.69, 9.17) is 0 Å². The Kier molecular flexibility index (Phi) is 4.56. The molecule has 168 valence electrons. The largest absolute Gasteiger partial charge is 0.380 e. The number of nitrogens with one attached hydrogen (secondary N) is 1. The number of rotatable bonds is 3. The molecule has 4 heterocycles. The number of carbonyl (C=O) groups excluding carboxylic acids is 1. The van der Waals surface area contributed by atoms with Crippen LogP contribution in [0.4, 0.5) is 5.82 Å². The molecule has 2 N–H and O–H groups in total. The maximum absolute atomic E-state index is 13.0. The van der Waals surface area contributed by atoms with E-state index in [0.717, 1.165) is 37.3 Å². The average molecular weight is 427 g/mol. The van der Waals surface area contributed by atoms with Crippen molar-refractivity contribution in [3.8, 4) is 0 Å². The Hall–Kier alpha value is -2.28. The second kappa shape index (κ2) is 6.86. The van der Waals surface area contributed by atoms with Gasteiger partial charge in [0.05, 0.1) is 17.8 Å². The molecule has 1 saturated heterocycles. The van der Waals surface area contributed by atoms with Crippen LogP contribution in [0.1, 0.15) is 58.6 Å². The van der Waals surface area contributed by atoms with E-state index in [1.165, 1.54) is 5.57 Å². The maximum Gasteiger partial charge on any atom is 0.327 e. The van der Waals surface area contributed by atoms with Crippen LogP contribution < -0.4 is 10.6 Å². The number of nitrogens with zero attached hydrogens (tertiary/aromatic N) is 3. The van der Waals surface area contributed by atoms with Crippen LogP contribution in [0, 0.1) is 11.3 Å². The van der Waals surface area contributed by atoms with Crippen LogP contribution in [0.3, 0.4) is 0 Å². The van der Waals surface area contributed by atoms with Crippen molar-refractivity contribution in [2.24, 2.45) is 18.4 Å². The van der Waals surface area contributed by atoms with Gasteiger partial charge in [-0.3, -0.25) is 9.36 Å². The summed E-state index contributed by atoms with van der Waals surface area (Å²) in [5.41, 5.74) is 1.03. The molecular formula is C24H34N4O3. The van der Waals surface area contributed by atoms with Crippen molar-refractivity contribution in [2.45, 2.75) is 70.6 Å². The zero-order valence-electron chi connectivity index (χ0n) is 19.0. The lowest BCUT2D eigenvalue weighted by molar-refractivity contribution is -0.164. The van der Waals surface area contributed by atoms with Crippen LogP contribution >= 0.6 is 0 Å². The normalized spacial score (nSPS) is 28.9. The number of amides is 1. The van der Waals surface area contributed by atoms with E-state index in [2.05, 4.69) is 42.8 Å². The molecule has 31 heavy (non-hydrogen) atoms. The Morgan fingerprint density at radius 3 is 2.61 bits per heavy atom. The summed E-state index contributed by atoms with van der Waals surface area (Å²) in [6.45, 7) is 8.15. The highest BCUT2D eigenvalue weighted by atomic mass is 16.3. The summed E-state index contributed by atoms with van der Waals surface area (Å²) in [6, 6.07) is 0.128. The van der Waals surface area contributed by atoms with Gasteiger partial charge in [-0.15, -0.1) is 0 Å². The Morgan fingerprint density at radius 1 is 1.29 bits per heavy atom. The third kappa shape index (κ3) is 3.28. The first-order valence-corrected chi connectivity index (χ1v) is 11.6. The zero-order chi connectivity index (χ0) is 22.1. The van der Waals surface area contributed by atoms with Gasteiger partial charge in [-0.1, -0.05) is 32.9 Å². The molecule has 0 spiro atoms. The van der Waals surface area contributed by atoms with Gasteiger partial charge in [-0.2, -0.15) is 0 Å². The predicted molar refractivity (Wildman–Crippen MR) is 121 cm³/mol. The van der Waals surface area contributed by atoms with Crippen molar-refractivity contribution in [1.82, 2.24) is 14.5 Å². The maximum atomic E-state index is 13.0. The van der Waals surface area contributed by atoms with E-state index in [9.17, 15) is 14.7 Å². The van der Waals surface area contributed by atoms with Crippen molar-refractivity contribution in [1.29, 1.82) is 0 Å². The van der Waals surface area contributed by atoms with Crippen molar-refractivity contribution in [3.05, 3.63) is 33.9 Å². The fourth-order valence-electron chi connectivity index (χ4n) is 5.76. The number of carbonyl (C=O) groups is 1. The van der Waals surface area contributed by atoms with Gasteiger partial charge in [0.2, 0.25) is 0 Å². The van der Waals surface area contributed by atoms with Crippen LogP contribution in [-0.2, 0) is 11.8 Å². The van der Waals surface area contributed by atoms with E-state index in [-0.39, 0.29) is 35.0 Å². The highest BCUT2D eigenvalue weighted by Gasteiger charge is 2.49. The highest BCUT2D eigenvalue weighted by Crippen LogP contribution is 2.43. The molecule has 2 aliphatic carbocycles. The standard InChI is InChI=1S/C24H34N4O3/c1-23(2,3)14-28-19(9-8-18-20(28)26(4)22(30)25-18)17-12-16-7-6-15(17)13-27(16)21(29)24(31)10-5-11-24/h8-9,12,15-16,19,31H,5-7,10-11,13-14H2,1-4H3,(H,25,30). The van der Waals surface area contributed by atoms with Crippen LogP contribution in [0.5, 0.6) is 0 Å². The minimum absolute atomic E-state index is 0.0533. The van der Waals surface area contributed by atoms with Gasteiger partial charge >= 0.3 is 5.69 Å². The third-order valence-electron chi connectivity index (χ3n) is 7.47.